The molecule has 112 valence electrons. The zero-order valence-electron chi connectivity index (χ0n) is 12.2. The second-order valence-corrected chi connectivity index (χ2v) is 6.51. The fourth-order valence-corrected chi connectivity index (χ4v) is 3.13. The number of ether oxygens (including phenoxy) is 2. The molecule has 21 heavy (non-hydrogen) atoms. The molecule has 1 aromatic heterocycles. The van der Waals surface area contributed by atoms with Crippen LogP contribution in [0.15, 0.2) is 34.8 Å². The van der Waals surface area contributed by atoms with Crippen molar-refractivity contribution < 1.29 is 9.47 Å². The Morgan fingerprint density at radius 2 is 2.10 bits per heavy atom. The Bertz CT molecular complexity index is 610. The van der Waals surface area contributed by atoms with Gasteiger partial charge in [0.2, 0.25) is 0 Å². The number of hydrogen-bond donors (Lipinski definition) is 1. The number of aromatic amines is 1. The van der Waals surface area contributed by atoms with Crippen LogP contribution in [-0.4, -0.2) is 28.7 Å². The molecular weight excluding hydrogens is 332 g/mol. The van der Waals surface area contributed by atoms with E-state index in [4.69, 9.17) is 9.47 Å². The third kappa shape index (κ3) is 3.36. The number of benzene rings is 1. The largest absolute Gasteiger partial charge is 0.348 e. The Morgan fingerprint density at radius 1 is 1.33 bits per heavy atom. The van der Waals surface area contributed by atoms with Gasteiger partial charge in [-0.3, -0.25) is 5.10 Å². The van der Waals surface area contributed by atoms with Crippen molar-refractivity contribution in [2.24, 2.45) is 0 Å². The van der Waals surface area contributed by atoms with E-state index in [0.717, 1.165) is 34.3 Å². The highest BCUT2D eigenvalue weighted by Crippen LogP contribution is 2.31. The maximum atomic E-state index is 5.83. The van der Waals surface area contributed by atoms with E-state index in [1.165, 1.54) is 0 Å². The van der Waals surface area contributed by atoms with Crippen LogP contribution in [0.3, 0.4) is 0 Å². The zero-order chi connectivity index (χ0) is 14.9. The van der Waals surface area contributed by atoms with Gasteiger partial charge in [0.25, 0.3) is 0 Å². The first-order valence-corrected chi connectivity index (χ1v) is 7.94. The minimum atomic E-state index is -0.453. The topological polar surface area (TPSA) is 47.1 Å². The quantitative estimate of drug-likeness (QED) is 0.908. The molecule has 0 unspecified atom stereocenters. The molecule has 1 fully saturated rings. The Balaban J connectivity index is 1.66. The summed E-state index contributed by atoms with van der Waals surface area (Å²) in [5.74, 6) is -0.453. The molecule has 1 aliphatic rings. The molecule has 1 aromatic carbocycles. The highest BCUT2D eigenvalue weighted by molar-refractivity contribution is 9.10. The molecule has 0 radical (unpaired) electrons. The number of nitrogens with zero attached hydrogens (tertiary/aromatic N) is 1. The average Bonchev–Trinajstić information content (AvgIpc) is 3.00. The van der Waals surface area contributed by atoms with Crippen LogP contribution < -0.4 is 0 Å². The van der Waals surface area contributed by atoms with Gasteiger partial charge in [-0.1, -0.05) is 30.3 Å². The normalized spacial score (nSPS) is 20.8. The lowest BCUT2D eigenvalue weighted by atomic mass is 10.1. The Hall–Kier alpha value is -1.17. The van der Waals surface area contributed by atoms with E-state index < -0.39 is 5.79 Å². The molecule has 0 aliphatic carbocycles. The molecule has 4 nitrogen and oxygen atoms in total. The van der Waals surface area contributed by atoms with E-state index in [9.17, 15) is 0 Å². The highest BCUT2D eigenvalue weighted by atomic mass is 79.9. The fourth-order valence-electron chi connectivity index (χ4n) is 2.53. The summed E-state index contributed by atoms with van der Waals surface area (Å²) < 4.78 is 12.5. The molecule has 0 bridgehead atoms. The van der Waals surface area contributed by atoms with E-state index in [2.05, 4.69) is 38.3 Å². The van der Waals surface area contributed by atoms with Crippen molar-refractivity contribution in [1.29, 1.82) is 0 Å². The van der Waals surface area contributed by atoms with Gasteiger partial charge in [-0.15, -0.1) is 0 Å². The second-order valence-electron chi connectivity index (χ2n) is 5.72. The van der Waals surface area contributed by atoms with Gasteiger partial charge in [-0.2, -0.15) is 5.10 Å². The first-order chi connectivity index (χ1) is 10.1. The molecule has 2 heterocycles. The van der Waals surface area contributed by atoms with E-state index in [1.807, 2.05) is 32.0 Å². The molecule has 2 aromatic rings. The van der Waals surface area contributed by atoms with Crippen LogP contribution >= 0.6 is 15.9 Å². The van der Waals surface area contributed by atoms with Crippen molar-refractivity contribution >= 4 is 15.9 Å². The smallest absolute Gasteiger partial charge is 0.163 e. The summed E-state index contributed by atoms with van der Waals surface area (Å²) in [6, 6.07) is 10.1. The molecule has 1 atom stereocenters. The van der Waals surface area contributed by atoms with Gasteiger partial charge in [-0.25, -0.2) is 0 Å². The average molecular weight is 351 g/mol. The third-order valence-electron chi connectivity index (χ3n) is 3.61. The lowest BCUT2D eigenvalue weighted by molar-refractivity contribution is -0.138. The summed E-state index contributed by atoms with van der Waals surface area (Å²) in [7, 11) is 0. The predicted molar refractivity (Wildman–Crippen MR) is 84.9 cm³/mol. The number of hydrogen-bond acceptors (Lipinski definition) is 3. The van der Waals surface area contributed by atoms with Crippen LogP contribution in [0.2, 0.25) is 0 Å². The maximum Gasteiger partial charge on any atom is 0.163 e. The van der Waals surface area contributed by atoms with Gasteiger partial charge in [-0.05, 0) is 42.6 Å². The molecule has 1 N–H and O–H groups in total. The first kappa shape index (κ1) is 14.8. The maximum absolute atomic E-state index is 5.83. The number of aryl methyl sites for hydroxylation is 1. The number of rotatable bonds is 4. The van der Waals surface area contributed by atoms with E-state index >= 15 is 0 Å². The summed E-state index contributed by atoms with van der Waals surface area (Å²) in [4.78, 5) is 0. The van der Waals surface area contributed by atoms with Crippen molar-refractivity contribution in [3.05, 3.63) is 40.5 Å². The number of halogens is 1. The van der Waals surface area contributed by atoms with Crippen molar-refractivity contribution in [2.75, 3.05) is 6.61 Å². The molecule has 0 spiro atoms. The van der Waals surface area contributed by atoms with Crippen molar-refractivity contribution in [2.45, 2.75) is 38.6 Å². The van der Waals surface area contributed by atoms with Gasteiger partial charge in [0.05, 0.1) is 22.9 Å². The number of H-pyrrole nitrogens is 1. The molecule has 0 saturated carbocycles. The fraction of sp³-hybridized carbons (Fsp3) is 0.438. The van der Waals surface area contributed by atoms with Crippen molar-refractivity contribution in [1.82, 2.24) is 10.2 Å². The van der Waals surface area contributed by atoms with Crippen molar-refractivity contribution in [3.8, 4) is 11.3 Å². The lowest BCUT2D eigenvalue weighted by Crippen LogP contribution is -2.21. The van der Waals surface area contributed by atoms with Crippen LogP contribution in [0.5, 0.6) is 0 Å². The molecule has 1 saturated heterocycles. The van der Waals surface area contributed by atoms with Gasteiger partial charge in [0.1, 0.15) is 5.69 Å². The SMILES string of the molecule is CC1(C)OC[C@H](CCc2[nH]nc(-c3ccccc3)c2Br)O1. The molecule has 3 rings (SSSR count). The summed E-state index contributed by atoms with van der Waals surface area (Å²) in [5, 5.41) is 7.54. The van der Waals surface area contributed by atoms with Crippen LogP contribution in [0.4, 0.5) is 0 Å². The minimum Gasteiger partial charge on any atom is -0.348 e. The standard InChI is InChI=1S/C16H19BrN2O2/c1-16(2)20-10-12(21-16)8-9-13-14(17)15(19-18-13)11-6-4-3-5-7-11/h3-7,12H,8-10H2,1-2H3,(H,18,19)/t12-/m0/s1. The Labute approximate surface area is 133 Å². The lowest BCUT2D eigenvalue weighted by Gasteiger charge is -2.16. The van der Waals surface area contributed by atoms with Gasteiger partial charge in [0, 0.05) is 5.56 Å². The highest BCUT2D eigenvalue weighted by Gasteiger charge is 2.32. The third-order valence-corrected chi connectivity index (χ3v) is 4.46. The van der Waals surface area contributed by atoms with E-state index in [1.54, 1.807) is 0 Å². The molecule has 1 aliphatic heterocycles. The van der Waals surface area contributed by atoms with E-state index in [0.29, 0.717) is 6.61 Å². The number of aromatic nitrogens is 2. The predicted octanol–water partition coefficient (Wildman–Crippen LogP) is 3.92. The van der Waals surface area contributed by atoms with Gasteiger partial charge < -0.3 is 9.47 Å². The minimum absolute atomic E-state index is 0.148. The monoisotopic (exact) mass is 350 g/mol. The molecular formula is C16H19BrN2O2. The number of nitrogens with one attached hydrogen (secondary N) is 1. The summed E-state index contributed by atoms with van der Waals surface area (Å²) in [5.41, 5.74) is 3.16. The van der Waals surface area contributed by atoms with Crippen LogP contribution in [0.1, 0.15) is 26.0 Å². The van der Waals surface area contributed by atoms with Crippen LogP contribution in [0.25, 0.3) is 11.3 Å². The van der Waals surface area contributed by atoms with Crippen LogP contribution in [0, 0.1) is 0 Å². The Morgan fingerprint density at radius 3 is 2.76 bits per heavy atom. The summed E-state index contributed by atoms with van der Waals surface area (Å²) >= 11 is 3.65. The Kier molecular flexibility index (Phi) is 4.15. The summed E-state index contributed by atoms with van der Waals surface area (Å²) in [6.07, 6.45) is 1.94. The molecule has 0 amide bonds. The summed E-state index contributed by atoms with van der Waals surface area (Å²) in [6.45, 7) is 4.56. The second kappa shape index (κ2) is 5.91. The zero-order valence-corrected chi connectivity index (χ0v) is 13.8. The van der Waals surface area contributed by atoms with E-state index in [-0.39, 0.29) is 6.10 Å². The van der Waals surface area contributed by atoms with Crippen molar-refractivity contribution in [3.63, 3.8) is 0 Å². The molecule has 5 heteroatoms. The first-order valence-electron chi connectivity index (χ1n) is 7.15. The van der Waals surface area contributed by atoms with Gasteiger partial charge in [0.15, 0.2) is 5.79 Å². The van der Waals surface area contributed by atoms with Gasteiger partial charge >= 0.3 is 0 Å². The van der Waals surface area contributed by atoms with Crippen LogP contribution in [-0.2, 0) is 15.9 Å².